The van der Waals surface area contributed by atoms with Crippen molar-refractivity contribution in [3.63, 3.8) is 0 Å². The van der Waals surface area contributed by atoms with Gasteiger partial charge >= 0.3 is 0 Å². The number of guanidine groups is 1. The number of nitrogens with zero attached hydrogens (tertiary/aromatic N) is 1. The first kappa shape index (κ1) is 17.1. The molecule has 128 valence electrons. The molecule has 24 heavy (non-hydrogen) atoms. The average Bonchev–Trinajstić information content (AvgIpc) is 3.21. The third-order valence-corrected chi connectivity index (χ3v) is 5.34. The third-order valence-electron chi connectivity index (χ3n) is 3.66. The van der Waals surface area contributed by atoms with Crippen LogP contribution in [0.5, 0.6) is 11.5 Å². The number of ether oxygens (including phenoxy) is 2. The number of rotatable bonds is 6. The van der Waals surface area contributed by atoms with Crippen molar-refractivity contribution in [1.82, 2.24) is 10.6 Å². The summed E-state index contributed by atoms with van der Waals surface area (Å²) in [6, 6.07) is 10.3. The average molecular weight is 410 g/mol. The molecule has 0 saturated carbocycles. The van der Waals surface area contributed by atoms with Gasteiger partial charge in [0.25, 0.3) is 0 Å². The summed E-state index contributed by atoms with van der Waals surface area (Å²) in [6.45, 7) is 1.98. The minimum atomic E-state index is 0.314. The van der Waals surface area contributed by atoms with Gasteiger partial charge in [0.05, 0.1) is 3.79 Å². The maximum absolute atomic E-state index is 5.40. The molecule has 2 N–H and O–H groups in total. The Balaban J connectivity index is 1.39. The molecule has 0 amide bonds. The SMILES string of the molecule is CN=C(NCCc1ccc2c(c1)OCO2)NCCc1ccc(Br)s1. The first-order valence-electron chi connectivity index (χ1n) is 7.82. The fourth-order valence-corrected chi connectivity index (χ4v) is 3.92. The number of nitrogens with one attached hydrogen (secondary N) is 2. The smallest absolute Gasteiger partial charge is 0.231 e. The number of benzene rings is 1. The summed E-state index contributed by atoms with van der Waals surface area (Å²) in [7, 11) is 1.79. The van der Waals surface area contributed by atoms with Crippen LogP contribution < -0.4 is 20.1 Å². The Morgan fingerprint density at radius 3 is 2.67 bits per heavy atom. The minimum absolute atomic E-state index is 0.314. The zero-order chi connectivity index (χ0) is 16.8. The van der Waals surface area contributed by atoms with Crippen LogP contribution in [0, 0.1) is 0 Å². The molecule has 0 unspecified atom stereocenters. The van der Waals surface area contributed by atoms with Gasteiger partial charge in [-0.25, -0.2) is 0 Å². The van der Waals surface area contributed by atoms with Gasteiger partial charge in [-0.3, -0.25) is 4.99 Å². The van der Waals surface area contributed by atoms with Crippen LogP contribution in [0.4, 0.5) is 0 Å². The van der Waals surface area contributed by atoms with E-state index in [1.165, 1.54) is 14.2 Å². The van der Waals surface area contributed by atoms with Crippen LogP contribution in [0.1, 0.15) is 10.4 Å². The molecular formula is C17H20BrN3O2S. The van der Waals surface area contributed by atoms with Crippen LogP contribution in [-0.2, 0) is 12.8 Å². The Hall–Kier alpha value is -1.73. The maximum Gasteiger partial charge on any atom is 0.231 e. The molecule has 1 aromatic carbocycles. The van der Waals surface area contributed by atoms with Gasteiger partial charge < -0.3 is 20.1 Å². The Kier molecular flexibility index (Phi) is 5.98. The van der Waals surface area contributed by atoms with E-state index in [2.05, 4.69) is 49.8 Å². The molecule has 2 heterocycles. The highest BCUT2D eigenvalue weighted by atomic mass is 79.9. The largest absolute Gasteiger partial charge is 0.454 e. The first-order valence-corrected chi connectivity index (χ1v) is 9.43. The van der Waals surface area contributed by atoms with Gasteiger partial charge in [0, 0.05) is 25.0 Å². The zero-order valence-corrected chi connectivity index (χ0v) is 15.9. The highest BCUT2D eigenvalue weighted by molar-refractivity contribution is 9.11. The summed E-state index contributed by atoms with van der Waals surface area (Å²) in [5, 5.41) is 6.68. The maximum atomic E-state index is 5.40. The van der Waals surface area contributed by atoms with Crippen LogP contribution in [0.25, 0.3) is 0 Å². The second kappa shape index (κ2) is 8.39. The molecule has 0 saturated heterocycles. The van der Waals surface area contributed by atoms with Gasteiger partial charge in [-0.05, 0) is 58.6 Å². The number of fused-ring (bicyclic) bond motifs is 1. The first-order chi connectivity index (χ1) is 11.7. The van der Waals surface area contributed by atoms with E-state index >= 15 is 0 Å². The normalized spacial score (nSPS) is 13.2. The number of hydrogen-bond donors (Lipinski definition) is 2. The fraction of sp³-hybridized carbons (Fsp3) is 0.353. The molecule has 1 aliphatic heterocycles. The molecule has 1 aliphatic rings. The molecule has 5 nitrogen and oxygen atoms in total. The number of halogens is 1. The van der Waals surface area contributed by atoms with Gasteiger partial charge in [0.1, 0.15) is 0 Å². The van der Waals surface area contributed by atoms with Crippen molar-refractivity contribution >= 4 is 33.2 Å². The molecule has 0 atom stereocenters. The van der Waals surface area contributed by atoms with Crippen molar-refractivity contribution in [3.8, 4) is 11.5 Å². The molecule has 0 radical (unpaired) electrons. The highest BCUT2D eigenvalue weighted by Gasteiger charge is 2.12. The van der Waals surface area contributed by atoms with Gasteiger partial charge in [-0.2, -0.15) is 0 Å². The third kappa shape index (κ3) is 4.64. The topological polar surface area (TPSA) is 54.9 Å². The van der Waals surface area contributed by atoms with Gasteiger partial charge in [0.15, 0.2) is 17.5 Å². The molecule has 0 fully saturated rings. The van der Waals surface area contributed by atoms with E-state index in [1.54, 1.807) is 18.4 Å². The number of aliphatic imine (C=N–C) groups is 1. The van der Waals surface area contributed by atoms with E-state index in [9.17, 15) is 0 Å². The number of thiophene rings is 1. The highest BCUT2D eigenvalue weighted by Crippen LogP contribution is 2.32. The lowest BCUT2D eigenvalue weighted by molar-refractivity contribution is 0.174. The molecule has 3 rings (SSSR count). The van der Waals surface area contributed by atoms with Gasteiger partial charge in [-0.1, -0.05) is 6.07 Å². The summed E-state index contributed by atoms with van der Waals surface area (Å²) in [5.41, 5.74) is 1.21. The molecule has 0 bridgehead atoms. The van der Waals surface area contributed by atoms with E-state index < -0.39 is 0 Å². The van der Waals surface area contributed by atoms with Crippen LogP contribution in [0.15, 0.2) is 39.1 Å². The molecule has 0 aliphatic carbocycles. The van der Waals surface area contributed by atoms with Gasteiger partial charge in [-0.15, -0.1) is 11.3 Å². The summed E-state index contributed by atoms with van der Waals surface area (Å²) in [4.78, 5) is 5.61. The van der Waals surface area contributed by atoms with Crippen LogP contribution in [0.3, 0.4) is 0 Å². The minimum Gasteiger partial charge on any atom is -0.454 e. The van der Waals surface area contributed by atoms with Crippen LogP contribution in [0.2, 0.25) is 0 Å². The molecule has 2 aromatic rings. The van der Waals surface area contributed by atoms with Crippen molar-refractivity contribution in [1.29, 1.82) is 0 Å². The van der Waals surface area contributed by atoms with E-state index in [1.807, 2.05) is 12.1 Å². The van der Waals surface area contributed by atoms with E-state index in [0.29, 0.717) is 6.79 Å². The summed E-state index contributed by atoms with van der Waals surface area (Å²) in [5.74, 6) is 2.48. The monoisotopic (exact) mass is 409 g/mol. The zero-order valence-electron chi connectivity index (χ0n) is 13.5. The second-order valence-corrected chi connectivity index (χ2v) is 7.87. The van der Waals surface area contributed by atoms with Crippen molar-refractivity contribution in [2.45, 2.75) is 12.8 Å². The molecular weight excluding hydrogens is 390 g/mol. The van der Waals surface area contributed by atoms with Crippen LogP contribution in [-0.4, -0.2) is 32.9 Å². The fourth-order valence-electron chi connectivity index (χ4n) is 2.43. The second-order valence-electron chi connectivity index (χ2n) is 5.32. The lowest BCUT2D eigenvalue weighted by Crippen LogP contribution is -2.39. The molecule has 1 aromatic heterocycles. The van der Waals surface area contributed by atoms with Crippen molar-refractivity contribution in [2.75, 3.05) is 26.9 Å². The van der Waals surface area contributed by atoms with Crippen molar-refractivity contribution < 1.29 is 9.47 Å². The van der Waals surface area contributed by atoms with Gasteiger partial charge in [0.2, 0.25) is 6.79 Å². The Morgan fingerprint density at radius 1 is 1.12 bits per heavy atom. The molecule has 0 spiro atoms. The summed E-state index contributed by atoms with van der Waals surface area (Å²) in [6.07, 6.45) is 1.88. The summed E-state index contributed by atoms with van der Waals surface area (Å²) >= 11 is 5.25. The summed E-state index contributed by atoms with van der Waals surface area (Å²) < 4.78 is 11.9. The van der Waals surface area contributed by atoms with Crippen LogP contribution >= 0.6 is 27.3 Å². The van der Waals surface area contributed by atoms with Crippen molar-refractivity contribution in [2.24, 2.45) is 4.99 Å². The quantitative estimate of drug-likeness (QED) is 0.568. The van der Waals surface area contributed by atoms with E-state index in [-0.39, 0.29) is 0 Å². The number of hydrogen-bond acceptors (Lipinski definition) is 4. The Labute approximate surface area is 154 Å². The molecule has 7 heteroatoms. The predicted molar refractivity (Wildman–Crippen MR) is 101 cm³/mol. The van der Waals surface area contributed by atoms with E-state index in [4.69, 9.17) is 9.47 Å². The Bertz CT molecular complexity index is 718. The Morgan fingerprint density at radius 2 is 1.92 bits per heavy atom. The standard InChI is InChI=1S/C17H20BrN3O2S/c1-19-17(21-9-7-13-3-5-16(18)24-13)20-8-6-12-2-4-14-15(10-12)23-11-22-14/h2-5,10H,6-9,11H2,1H3,(H2,19,20,21). The predicted octanol–water partition coefficient (Wildman–Crippen LogP) is 3.19. The van der Waals surface area contributed by atoms with Crippen molar-refractivity contribution in [3.05, 3.63) is 44.6 Å². The lowest BCUT2D eigenvalue weighted by Gasteiger charge is -2.11. The van der Waals surface area contributed by atoms with E-state index in [0.717, 1.165) is 43.4 Å². The lowest BCUT2D eigenvalue weighted by atomic mass is 10.1.